The first-order chi connectivity index (χ1) is 11.8. The van der Waals surface area contributed by atoms with Gasteiger partial charge in [0.25, 0.3) is 0 Å². The van der Waals surface area contributed by atoms with Gasteiger partial charge < -0.3 is 5.11 Å². The van der Waals surface area contributed by atoms with Crippen molar-refractivity contribution in [3.63, 3.8) is 0 Å². The van der Waals surface area contributed by atoms with Crippen LogP contribution in [0.25, 0.3) is 0 Å². The Hall–Kier alpha value is -0.850. The normalized spacial score (nSPS) is 10.9. The molecule has 0 saturated carbocycles. The molecule has 0 radical (unpaired) electrons. The van der Waals surface area contributed by atoms with Crippen LogP contribution in [-0.4, -0.2) is 17.7 Å². The van der Waals surface area contributed by atoms with Crippen molar-refractivity contribution in [3.8, 4) is 0 Å². The van der Waals surface area contributed by atoms with E-state index in [1.807, 2.05) is 5.43 Å². The number of carboxylic acid groups (broad SMARTS) is 1. The van der Waals surface area contributed by atoms with Gasteiger partial charge in [-0.25, -0.2) is 15.6 Å². The summed E-state index contributed by atoms with van der Waals surface area (Å²) in [5.41, 5.74) is 9.79. The molecule has 0 aromatic rings. The molecule has 6 nitrogen and oxygen atoms in total. The number of amides is 1. The molecule has 0 saturated heterocycles. The zero-order chi connectivity index (χ0) is 17.7. The highest BCUT2D eigenvalue weighted by Crippen LogP contribution is 2.13. The maximum Gasteiger partial charge on any atom is 0.420 e. The molecule has 0 unspecified atom stereocenters. The highest BCUT2D eigenvalue weighted by Gasteiger charge is 1.94. The van der Waals surface area contributed by atoms with Crippen molar-refractivity contribution >= 4 is 6.09 Å². The third-order valence-corrected chi connectivity index (χ3v) is 4.23. The van der Waals surface area contributed by atoms with Crippen molar-refractivity contribution in [1.82, 2.24) is 21.9 Å². The Morgan fingerprint density at radius 1 is 0.667 bits per heavy atom. The summed E-state index contributed by atoms with van der Waals surface area (Å²) >= 11 is 0. The lowest BCUT2D eigenvalue weighted by Gasteiger charge is -2.07. The number of hydrogen-bond donors (Lipinski definition) is 5. The van der Waals surface area contributed by atoms with E-state index in [4.69, 9.17) is 5.11 Å². The van der Waals surface area contributed by atoms with Crippen LogP contribution in [0.1, 0.15) is 103 Å². The van der Waals surface area contributed by atoms with Crippen LogP contribution in [0.2, 0.25) is 0 Å². The highest BCUT2D eigenvalue weighted by molar-refractivity contribution is 5.63. The van der Waals surface area contributed by atoms with Crippen LogP contribution >= 0.6 is 0 Å². The lowest BCUT2D eigenvalue weighted by atomic mass is 10.0. The van der Waals surface area contributed by atoms with E-state index in [1.54, 1.807) is 0 Å². The Bertz CT molecular complexity index is 265. The summed E-state index contributed by atoms with van der Waals surface area (Å²) in [5.74, 6) is 0. The minimum atomic E-state index is -1.11. The second-order valence-electron chi connectivity index (χ2n) is 6.56. The Balaban J connectivity index is 2.97. The van der Waals surface area contributed by atoms with Crippen LogP contribution in [0.3, 0.4) is 0 Å². The average molecular weight is 345 g/mol. The number of unbranched alkanes of at least 4 members (excludes halogenated alkanes) is 14. The molecule has 0 fully saturated rings. The van der Waals surface area contributed by atoms with E-state index in [-0.39, 0.29) is 0 Å². The summed E-state index contributed by atoms with van der Waals surface area (Å²) in [6.07, 6.45) is 19.3. The summed E-state index contributed by atoms with van der Waals surface area (Å²) in [5, 5.41) is 8.32. The van der Waals surface area contributed by atoms with Gasteiger partial charge in [-0.2, -0.15) is 11.1 Å². The molecule has 0 atom stereocenters. The fourth-order valence-corrected chi connectivity index (χ4v) is 2.78. The van der Waals surface area contributed by atoms with Gasteiger partial charge in [-0.05, 0) is 6.42 Å². The molecule has 0 rings (SSSR count). The first kappa shape index (κ1) is 23.1. The topological polar surface area (TPSA) is 85.4 Å². The molecule has 144 valence electrons. The molecule has 6 heteroatoms. The van der Waals surface area contributed by atoms with Gasteiger partial charge in [-0.1, -0.05) is 96.8 Å². The van der Waals surface area contributed by atoms with E-state index in [9.17, 15) is 4.79 Å². The van der Waals surface area contributed by atoms with Crippen molar-refractivity contribution in [2.45, 2.75) is 103 Å². The monoisotopic (exact) mass is 344 g/mol. The minimum Gasteiger partial charge on any atom is -0.464 e. The Morgan fingerprint density at radius 2 is 1.08 bits per heavy atom. The molecular formula is C18H40N4O2. The van der Waals surface area contributed by atoms with Crippen LogP contribution < -0.4 is 21.9 Å². The minimum absolute atomic E-state index is 0.826. The van der Waals surface area contributed by atoms with Crippen molar-refractivity contribution in [2.75, 3.05) is 6.54 Å². The predicted molar refractivity (Wildman–Crippen MR) is 100 cm³/mol. The standard InChI is InChI=1S/C18H40N4O2/c1-2-3-4-5-6-7-8-9-10-11-12-13-14-15-16-17-19-21-22-20-18(23)24/h19-22H,2-17H2,1H3,(H,23,24). The molecule has 0 spiro atoms. The summed E-state index contributed by atoms with van der Waals surface area (Å²) < 4.78 is 0. The van der Waals surface area contributed by atoms with Crippen LogP contribution in [-0.2, 0) is 0 Å². The Labute approximate surface area is 148 Å². The van der Waals surface area contributed by atoms with Gasteiger partial charge in [-0.3, -0.25) is 0 Å². The lowest BCUT2D eigenvalue weighted by Crippen LogP contribution is -2.52. The van der Waals surface area contributed by atoms with Gasteiger partial charge in [0.1, 0.15) is 0 Å². The number of nitrogens with one attached hydrogen (secondary N) is 4. The predicted octanol–water partition coefficient (Wildman–Crippen LogP) is 4.64. The van der Waals surface area contributed by atoms with E-state index in [0.717, 1.165) is 13.0 Å². The molecule has 0 aromatic heterocycles. The molecule has 0 heterocycles. The third-order valence-electron chi connectivity index (χ3n) is 4.23. The number of hydrazine groups is 3. The number of hydrogen-bond acceptors (Lipinski definition) is 4. The quantitative estimate of drug-likeness (QED) is 0.174. The zero-order valence-corrected chi connectivity index (χ0v) is 15.7. The van der Waals surface area contributed by atoms with Gasteiger partial charge in [0.2, 0.25) is 0 Å². The second kappa shape index (κ2) is 20.2. The van der Waals surface area contributed by atoms with Crippen LogP contribution in [0.5, 0.6) is 0 Å². The fraction of sp³-hybridized carbons (Fsp3) is 0.944. The van der Waals surface area contributed by atoms with E-state index in [2.05, 4.69) is 23.4 Å². The molecule has 0 aliphatic rings. The molecular weight excluding hydrogens is 304 g/mol. The van der Waals surface area contributed by atoms with Gasteiger partial charge in [0, 0.05) is 6.54 Å². The number of rotatable bonds is 19. The maximum absolute atomic E-state index is 10.1. The average Bonchev–Trinajstić information content (AvgIpc) is 2.56. The lowest BCUT2D eigenvalue weighted by molar-refractivity contribution is 0.183. The van der Waals surface area contributed by atoms with E-state index >= 15 is 0 Å². The first-order valence-corrected chi connectivity index (χ1v) is 9.99. The van der Waals surface area contributed by atoms with Crippen molar-refractivity contribution in [1.29, 1.82) is 0 Å². The zero-order valence-electron chi connectivity index (χ0n) is 15.7. The molecule has 0 bridgehead atoms. The summed E-state index contributed by atoms with van der Waals surface area (Å²) in [6, 6.07) is 0. The molecule has 0 aliphatic heterocycles. The largest absolute Gasteiger partial charge is 0.464 e. The summed E-state index contributed by atoms with van der Waals surface area (Å²) in [6.45, 7) is 3.10. The van der Waals surface area contributed by atoms with Crippen molar-refractivity contribution < 1.29 is 9.90 Å². The van der Waals surface area contributed by atoms with Crippen LogP contribution in [0.15, 0.2) is 0 Å². The number of carbonyl (C=O) groups is 1. The van der Waals surface area contributed by atoms with Crippen LogP contribution in [0, 0.1) is 0 Å². The summed E-state index contributed by atoms with van der Waals surface area (Å²) in [7, 11) is 0. The van der Waals surface area contributed by atoms with Gasteiger partial charge in [0.05, 0.1) is 0 Å². The molecule has 5 N–H and O–H groups in total. The molecule has 24 heavy (non-hydrogen) atoms. The van der Waals surface area contributed by atoms with E-state index in [0.29, 0.717) is 0 Å². The van der Waals surface area contributed by atoms with E-state index in [1.165, 1.54) is 89.9 Å². The fourth-order valence-electron chi connectivity index (χ4n) is 2.78. The van der Waals surface area contributed by atoms with Gasteiger partial charge in [-0.15, -0.1) is 0 Å². The van der Waals surface area contributed by atoms with Crippen molar-refractivity contribution in [3.05, 3.63) is 0 Å². The third kappa shape index (κ3) is 21.1. The second-order valence-corrected chi connectivity index (χ2v) is 6.56. The SMILES string of the molecule is CCCCCCCCCCCCCCCCCNNNNC(=O)O. The smallest absolute Gasteiger partial charge is 0.420 e. The Morgan fingerprint density at radius 3 is 1.50 bits per heavy atom. The van der Waals surface area contributed by atoms with Gasteiger partial charge >= 0.3 is 6.09 Å². The first-order valence-electron chi connectivity index (χ1n) is 9.99. The molecule has 1 amide bonds. The van der Waals surface area contributed by atoms with E-state index < -0.39 is 6.09 Å². The molecule has 0 aliphatic carbocycles. The maximum atomic E-state index is 10.1. The van der Waals surface area contributed by atoms with Gasteiger partial charge in [0.15, 0.2) is 0 Å². The molecule has 0 aromatic carbocycles. The highest BCUT2D eigenvalue weighted by atomic mass is 16.4. The van der Waals surface area contributed by atoms with Crippen molar-refractivity contribution in [2.24, 2.45) is 0 Å². The van der Waals surface area contributed by atoms with Crippen LogP contribution in [0.4, 0.5) is 4.79 Å². The summed E-state index contributed by atoms with van der Waals surface area (Å²) in [4.78, 5) is 10.1. The Kier molecular flexibility index (Phi) is 19.5.